The molecule has 0 bridgehead atoms. The number of fused-ring (bicyclic) bond motifs is 1. The molecule has 94 valence electrons. The van der Waals surface area contributed by atoms with Gasteiger partial charge in [-0.2, -0.15) is 11.8 Å². The first-order valence-electron chi connectivity index (χ1n) is 5.67. The lowest BCUT2D eigenvalue weighted by molar-refractivity contribution is -0.138. The van der Waals surface area contributed by atoms with Gasteiger partial charge in [0.1, 0.15) is 5.92 Å². The number of hydrogen-bond donors (Lipinski definition) is 2. The van der Waals surface area contributed by atoms with Crippen LogP contribution >= 0.6 is 23.1 Å². The molecule has 1 aliphatic carbocycles. The summed E-state index contributed by atoms with van der Waals surface area (Å²) in [4.78, 5) is 16.6. The minimum Gasteiger partial charge on any atom is -0.481 e. The summed E-state index contributed by atoms with van der Waals surface area (Å²) in [6.45, 7) is 0.908. The predicted octanol–water partition coefficient (Wildman–Crippen LogP) is 2.42. The number of carboxylic acid groups (broad SMARTS) is 1. The Balaban J connectivity index is 1.94. The van der Waals surface area contributed by atoms with Gasteiger partial charge in [-0.3, -0.25) is 4.79 Å². The van der Waals surface area contributed by atoms with Crippen LogP contribution in [-0.2, 0) is 11.2 Å². The van der Waals surface area contributed by atoms with Crippen molar-refractivity contribution in [1.29, 1.82) is 0 Å². The summed E-state index contributed by atoms with van der Waals surface area (Å²) in [6, 6.07) is 0. The van der Waals surface area contributed by atoms with E-state index in [0.717, 1.165) is 40.8 Å². The molecule has 0 radical (unpaired) electrons. The van der Waals surface area contributed by atoms with E-state index in [2.05, 4.69) is 16.6 Å². The van der Waals surface area contributed by atoms with Crippen molar-refractivity contribution in [1.82, 2.24) is 4.98 Å². The molecule has 1 aromatic rings. The normalized spacial score (nSPS) is 18.1. The third-order valence-electron chi connectivity index (χ3n) is 2.82. The van der Waals surface area contributed by atoms with Crippen LogP contribution in [0.3, 0.4) is 0 Å². The van der Waals surface area contributed by atoms with Crippen LogP contribution in [0.2, 0.25) is 0 Å². The summed E-state index contributed by atoms with van der Waals surface area (Å²) in [5, 5.41) is 13.2. The van der Waals surface area contributed by atoms with Crippen LogP contribution in [0.4, 0.5) is 5.13 Å². The SMILES string of the molecule is CSCCCNc1nc2c(s1)CCC2C(=O)O. The monoisotopic (exact) mass is 272 g/mol. The van der Waals surface area contributed by atoms with Crippen LogP contribution in [0.25, 0.3) is 0 Å². The summed E-state index contributed by atoms with van der Waals surface area (Å²) < 4.78 is 0. The lowest BCUT2D eigenvalue weighted by atomic mass is 10.1. The topological polar surface area (TPSA) is 62.2 Å². The van der Waals surface area contributed by atoms with Gasteiger partial charge in [-0.15, -0.1) is 11.3 Å². The van der Waals surface area contributed by atoms with Gasteiger partial charge in [0.15, 0.2) is 5.13 Å². The molecular formula is C11H16N2O2S2. The Bertz CT molecular complexity index is 406. The first-order chi connectivity index (χ1) is 8.22. The van der Waals surface area contributed by atoms with Crippen molar-refractivity contribution in [3.63, 3.8) is 0 Å². The molecule has 1 heterocycles. The highest BCUT2D eigenvalue weighted by molar-refractivity contribution is 7.98. The minimum absolute atomic E-state index is 0.386. The van der Waals surface area contributed by atoms with Crippen molar-refractivity contribution in [2.75, 3.05) is 23.9 Å². The zero-order valence-electron chi connectivity index (χ0n) is 9.73. The zero-order valence-corrected chi connectivity index (χ0v) is 11.4. The van der Waals surface area contributed by atoms with E-state index in [1.165, 1.54) is 0 Å². The summed E-state index contributed by atoms with van der Waals surface area (Å²) in [5.74, 6) is 0.00141. The molecule has 1 aromatic heterocycles. The first-order valence-corrected chi connectivity index (χ1v) is 7.88. The third kappa shape index (κ3) is 2.93. The fourth-order valence-corrected chi connectivity index (χ4v) is 3.45. The molecular weight excluding hydrogens is 256 g/mol. The van der Waals surface area contributed by atoms with E-state index in [-0.39, 0.29) is 5.92 Å². The van der Waals surface area contributed by atoms with Gasteiger partial charge in [0.05, 0.1) is 5.69 Å². The fraction of sp³-hybridized carbons (Fsp3) is 0.636. The van der Waals surface area contributed by atoms with Crippen molar-refractivity contribution < 1.29 is 9.90 Å². The molecule has 1 unspecified atom stereocenters. The van der Waals surface area contributed by atoms with Crippen LogP contribution in [0, 0.1) is 0 Å². The number of thioether (sulfide) groups is 1. The van der Waals surface area contributed by atoms with Gasteiger partial charge >= 0.3 is 5.97 Å². The number of rotatable bonds is 6. The molecule has 1 aliphatic rings. The van der Waals surface area contributed by atoms with E-state index in [0.29, 0.717) is 6.42 Å². The van der Waals surface area contributed by atoms with Gasteiger partial charge in [0.25, 0.3) is 0 Å². The van der Waals surface area contributed by atoms with E-state index in [1.807, 2.05) is 11.8 Å². The van der Waals surface area contributed by atoms with Crippen molar-refractivity contribution in [3.8, 4) is 0 Å². The molecule has 2 N–H and O–H groups in total. The highest BCUT2D eigenvalue weighted by atomic mass is 32.2. The first kappa shape index (κ1) is 12.7. The molecule has 0 aromatic carbocycles. The van der Waals surface area contributed by atoms with Gasteiger partial charge in [0, 0.05) is 11.4 Å². The Morgan fingerprint density at radius 2 is 2.53 bits per heavy atom. The number of thiazole rings is 1. The van der Waals surface area contributed by atoms with E-state index in [1.54, 1.807) is 11.3 Å². The average molecular weight is 272 g/mol. The second-order valence-electron chi connectivity index (χ2n) is 4.03. The molecule has 2 rings (SSSR count). The molecule has 0 amide bonds. The molecule has 0 saturated carbocycles. The highest BCUT2D eigenvalue weighted by Crippen LogP contribution is 2.38. The molecule has 0 aliphatic heterocycles. The Labute approximate surface area is 109 Å². The van der Waals surface area contributed by atoms with Crippen molar-refractivity contribution in [2.24, 2.45) is 0 Å². The number of hydrogen-bond acceptors (Lipinski definition) is 5. The summed E-state index contributed by atoms with van der Waals surface area (Å²) in [7, 11) is 0. The van der Waals surface area contributed by atoms with Crippen molar-refractivity contribution in [2.45, 2.75) is 25.2 Å². The molecule has 1 atom stereocenters. The molecule has 6 heteroatoms. The molecule has 4 nitrogen and oxygen atoms in total. The average Bonchev–Trinajstić information content (AvgIpc) is 2.82. The van der Waals surface area contributed by atoms with Crippen LogP contribution < -0.4 is 5.32 Å². The fourth-order valence-electron chi connectivity index (χ4n) is 1.95. The maximum absolute atomic E-state index is 11.0. The van der Waals surface area contributed by atoms with Gasteiger partial charge in [0.2, 0.25) is 0 Å². The Morgan fingerprint density at radius 1 is 1.71 bits per heavy atom. The van der Waals surface area contributed by atoms with Gasteiger partial charge in [-0.25, -0.2) is 4.98 Å². The summed E-state index contributed by atoms with van der Waals surface area (Å²) >= 11 is 3.44. The Hall–Kier alpha value is -0.750. The third-order valence-corrected chi connectivity index (χ3v) is 4.60. The summed E-state index contributed by atoms with van der Waals surface area (Å²) in [5.41, 5.74) is 0.787. The van der Waals surface area contributed by atoms with E-state index in [9.17, 15) is 4.79 Å². The van der Waals surface area contributed by atoms with E-state index in [4.69, 9.17) is 5.11 Å². The Kier molecular flexibility index (Phi) is 4.28. The number of carboxylic acids is 1. The number of nitrogens with one attached hydrogen (secondary N) is 1. The number of nitrogens with zero attached hydrogens (tertiary/aromatic N) is 1. The predicted molar refractivity (Wildman–Crippen MR) is 72.3 cm³/mol. The standard InChI is InChI=1S/C11H16N2O2S2/c1-16-6-2-5-12-11-13-9-7(10(14)15)3-4-8(9)17-11/h7H,2-6H2,1H3,(H,12,13)(H,14,15). The zero-order chi connectivity index (χ0) is 12.3. The number of anilines is 1. The minimum atomic E-state index is -0.747. The number of aromatic nitrogens is 1. The second kappa shape index (κ2) is 5.73. The van der Waals surface area contributed by atoms with Crippen LogP contribution in [0.15, 0.2) is 0 Å². The summed E-state index contributed by atoms with van der Waals surface area (Å²) in [6.07, 6.45) is 4.76. The second-order valence-corrected chi connectivity index (χ2v) is 6.10. The van der Waals surface area contributed by atoms with E-state index >= 15 is 0 Å². The number of carbonyl (C=O) groups is 1. The van der Waals surface area contributed by atoms with Crippen LogP contribution in [0.1, 0.15) is 29.3 Å². The van der Waals surface area contributed by atoms with Crippen LogP contribution in [0.5, 0.6) is 0 Å². The number of aryl methyl sites for hydroxylation is 1. The largest absolute Gasteiger partial charge is 0.481 e. The highest BCUT2D eigenvalue weighted by Gasteiger charge is 2.32. The van der Waals surface area contributed by atoms with Crippen molar-refractivity contribution >= 4 is 34.2 Å². The maximum atomic E-state index is 11.0. The lowest BCUT2D eigenvalue weighted by Gasteiger charge is -2.03. The maximum Gasteiger partial charge on any atom is 0.312 e. The van der Waals surface area contributed by atoms with Gasteiger partial charge < -0.3 is 10.4 Å². The van der Waals surface area contributed by atoms with Crippen LogP contribution in [-0.4, -0.2) is 34.6 Å². The van der Waals surface area contributed by atoms with Gasteiger partial charge in [-0.1, -0.05) is 0 Å². The number of aliphatic carboxylic acids is 1. The quantitative estimate of drug-likeness (QED) is 0.779. The van der Waals surface area contributed by atoms with Gasteiger partial charge in [-0.05, 0) is 31.3 Å². The lowest BCUT2D eigenvalue weighted by Crippen LogP contribution is -2.09. The molecule has 0 spiro atoms. The molecule has 17 heavy (non-hydrogen) atoms. The van der Waals surface area contributed by atoms with Crippen molar-refractivity contribution in [3.05, 3.63) is 10.6 Å². The smallest absolute Gasteiger partial charge is 0.312 e. The van der Waals surface area contributed by atoms with E-state index < -0.39 is 5.97 Å². The Morgan fingerprint density at radius 3 is 3.24 bits per heavy atom. The molecule has 0 saturated heterocycles. The molecule has 0 fully saturated rings.